The molecule has 0 spiro atoms. The average Bonchev–Trinajstić information content (AvgIpc) is 2.07. The molecule has 0 fully saturated rings. The Hall–Kier alpha value is -0.640. The van der Waals surface area contributed by atoms with Crippen LogP contribution in [0.4, 0.5) is 5.82 Å². The molecule has 0 amide bonds. The fourth-order valence-electron chi connectivity index (χ4n) is 1.08. The molecule has 0 unspecified atom stereocenters. The molecule has 0 aliphatic heterocycles. The van der Waals surface area contributed by atoms with Gasteiger partial charge in [-0.2, -0.15) is 0 Å². The van der Waals surface area contributed by atoms with Crippen LogP contribution in [0.1, 0.15) is 39.2 Å². The number of hydrogen-bond acceptors (Lipinski definition) is 3. The van der Waals surface area contributed by atoms with Crippen molar-refractivity contribution in [2.75, 3.05) is 5.73 Å². The first kappa shape index (κ1) is 11.4. The van der Waals surface area contributed by atoms with Crippen molar-refractivity contribution < 1.29 is 0 Å². The first-order chi connectivity index (χ1) is 6.36. The van der Waals surface area contributed by atoms with Gasteiger partial charge in [0.2, 0.25) is 0 Å². The minimum Gasteiger partial charge on any atom is -0.383 e. The van der Waals surface area contributed by atoms with Crippen molar-refractivity contribution in [2.24, 2.45) is 0 Å². The predicted octanol–water partition coefficient (Wildman–Crippen LogP) is 2.68. The van der Waals surface area contributed by atoms with Gasteiger partial charge in [-0.05, 0) is 22.4 Å². The maximum Gasteiger partial charge on any atom is 0.141 e. The van der Waals surface area contributed by atoms with Crippen LogP contribution < -0.4 is 5.73 Å². The highest BCUT2D eigenvalue weighted by Gasteiger charge is 2.20. The molecular formula is C10H16BrN3. The Bertz CT molecular complexity index is 342. The number of nitrogen functional groups attached to an aromatic ring is 1. The van der Waals surface area contributed by atoms with Gasteiger partial charge in [0.15, 0.2) is 0 Å². The largest absolute Gasteiger partial charge is 0.383 e. The summed E-state index contributed by atoms with van der Waals surface area (Å²) in [4.78, 5) is 8.76. The first-order valence-electron chi connectivity index (χ1n) is 4.68. The van der Waals surface area contributed by atoms with Crippen molar-refractivity contribution in [3.05, 3.63) is 16.0 Å². The van der Waals surface area contributed by atoms with Crippen LogP contribution in [-0.2, 0) is 11.8 Å². The Balaban J connectivity index is 3.30. The van der Waals surface area contributed by atoms with Crippen LogP contribution >= 0.6 is 15.9 Å². The summed E-state index contributed by atoms with van der Waals surface area (Å²) < 4.78 is 0.827. The second-order valence-electron chi connectivity index (χ2n) is 4.30. The van der Waals surface area contributed by atoms with Crippen molar-refractivity contribution >= 4 is 21.7 Å². The minimum absolute atomic E-state index is 0.0568. The summed E-state index contributed by atoms with van der Waals surface area (Å²) in [7, 11) is 0. The molecule has 78 valence electrons. The zero-order valence-electron chi connectivity index (χ0n) is 9.06. The second kappa shape index (κ2) is 3.85. The molecule has 1 rings (SSSR count). The Morgan fingerprint density at radius 1 is 1.29 bits per heavy atom. The van der Waals surface area contributed by atoms with Gasteiger partial charge in [0.25, 0.3) is 0 Å². The van der Waals surface area contributed by atoms with Crippen molar-refractivity contribution in [1.82, 2.24) is 9.97 Å². The van der Waals surface area contributed by atoms with Gasteiger partial charge in [-0.15, -0.1) is 0 Å². The van der Waals surface area contributed by atoms with E-state index in [4.69, 9.17) is 5.73 Å². The summed E-state index contributed by atoms with van der Waals surface area (Å²) in [6.07, 6.45) is 0.858. The third-order valence-electron chi connectivity index (χ3n) is 1.95. The quantitative estimate of drug-likeness (QED) is 0.842. The van der Waals surface area contributed by atoms with Gasteiger partial charge in [-0.3, -0.25) is 0 Å². The van der Waals surface area contributed by atoms with Crippen LogP contribution in [-0.4, -0.2) is 9.97 Å². The molecule has 0 radical (unpaired) electrons. The van der Waals surface area contributed by atoms with E-state index in [9.17, 15) is 0 Å². The smallest absolute Gasteiger partial charge is 0.141 e. The summed E-state index contributed by atoms with van der Waals surface area (Å²) in [6.45, 7) is 8.29. The number of anilines is 1. The first-order valence-corrected chi connectivity index (χ1v) is 5.48. The molecule has 0 saturated heterocycles. The molecule has 0 bridgehead atoms. The van der Waals surface area contributed by atoms with Crippen LogP contribution in [0.3, 0.4) is 0 Å². The fraction of sp³-hybridized carbons (Fsp3) is 0.600. The Labute approximate surface area is 93.3 Å². The zero-order chi connectivity index (χ0) is 10.9. The molecule has 3 nitrogen and oxygen atoms in total. The predicted molar refractivity (Wildman–Crippen MR) is 62.2 cm³/mol. The van der Waals surface area contributed by atoms with Gasteiger partial charge in [-0.1, -0.05) is 27.7 Å². The lowest BCUT2D eigenvalue weighted by Crippen LogP contribution is -2.18. The molecule has 0 saturated carbocycles. The van der Waals surface area contributed by atoms with Crippen molar-refractivity contribution in [1.29, 1.82) is 0 Å². The van der Waals surface area contributed by atoms with Gasteiger partial charge in [0.05, 0.1) is 10.2 Å². The van der Waals surface area contributed by atoms with E-state index >= 15 is 0 Å². The van der Waals surface area contributed by atoms with E-state index in [1.54, 1.807) is 0 Å². The molecule has 4 heteroatoms. The third-order valence-corrected chi connectivity index (χ3v) is 2.82. The number of hydrogen-bond donors (Lipinski definition) is 1. The van der Waals surface area contributed by atoms with Gasteiger partial charge in [-0.25, -0.2) is 9.97 Å². The number of aromatic nitrogens is 2. The summed E-state index contributed by atoms with van der Waals surface area (Å²) in [6, 6.07) is 0. The number of rotatable bonds is 1. The fourth-order valence-corrected chi connectivity index (χ4v) is 1.54. The zero-order valence-corrected chi connectivity index (χ0v) is 10.6. The van der Waals surface area contributed by atoms with Crippen LogP contribution in [0.5, 0.6) is 0 Å². The lowest BCUT2D eigenvalue weighted by atomic mass is 9.95. The second-order valence-corrected chi connectivity index (χ2v) is 5.09. The van der Waals surface area contributed by atoms with Crippen molar-refractivity contribution in [3.63, 3.8) is 0 Å². The number of nitrogens with two attached hydrogens (primary N) is 1. The molecule has 0 aromatic carbocycles. The van der Waals surface area contributed by atoms with E-state index in [0.29, 0.717) is 5.82 Å². The highest BCUT2D eigenvalue weighted by atomic mass is 79.9. The molecule has 1 heterocycles. The lowest BCUT2D eigenvalue weighted by Gasteiger charge is -2.18. The molecular weight excluding hydrogens is 242 g/mol. The SMILES string of the molecule is CCc1nc(C(C)(C)C)nc(N)c1Br. The molecule has 0 atom stereocenters. The number of halogens is 1. The standard InChI is InChI=1S/C10H16BrN3/c1-5-6-7(11)8(12)14-9(13-6)10(2,3)4/h5H2,1-4H3,(H2,12,13,14). The van der Waals surface area contributed by atoms with Crippen LogP contribution in [0.2, 0.25) is 0 Å². The summed E-state index contributed by atoms with van der Waals surface area (Å²) in [5.74, 6) is 1.33. The maximum atomic E-state index is 5.80. The summed E-state index contributed by atoms with van der Waals surface area (Å²) in [5, 5.41) is 0. The van der Waals surface area contributed by atoms with E-state index in [0.717, 1.165) is 22.4 Å². The van der Waals surface area contributed by atoms with E-state index in [-0.39, 0.29) is 5.41 Å². The summed E-state index contributed by atoms with van der Waals surface area (Å²) in [5.41, 5.74) is 6.71. The molecule has 0 aliphatic carbocycles. The van der Waals surface area contributed by atoms with Gasteiger partial charge in [0, 0.05) is 5.41 Å². The lowest BCUT2D eigenvalue weighted by molar-refractivity contribution is 0.542. The number of aryl methyl sites for hydroxylation is 1. The molecule has 14 heavy (non-hydrogen) atoms. The normalized spacial score (nSPS) is 11.8. The Kier molecular flexibility index (Phi) is 3.14. The van der Waals surface area contributed by atoms with E-state index in [1.165, 1.54) is 0 Å². The molecule has 2 N–H and O–H groups in total. The van der Waals surface area contributed by atoms with Crippen molar-refractivity contribution in [3.8, 4) is 0 Å². The topological polar surface area (TPSA) is 51.8 Å². The Morgan fingerprint density at radius 2 is 1.86 bits per heavy atom. The van der Waals surface area contributed by atoms with E-state index in [2.05, 4.69) is 53.6 Å². The third kappa shape index (κ3) is 2.23. The monoisotopic (exact) mass is 257 g/mol. The molecule has 0 aliphatic rings. The van der Waals surface area contributed by atoms with Crippen molar-refractivity contribution in [2.45, 2.75) is 39.5 Å². The van der Waals surface area contributed by atoms with Gasteiger partial charge in [0.1, 0.15) is 11.6 Å². The average molecular weight is 258 g/mol. The van der Waals surface area contributed by atoms with Gasteiger partial charge >= 0.3 is 0 Å². The number of nitrogens with zero attached hydrogens (tertiary/aromatic N) is 2. The van der Waals surface area contributed by atoms with Crippen LogP contribution in [0.15, 0.2) is 4.47 Å². The maximum absolute atomic E-state index is 5.80. The van der Waals surface area contributed by atoms with E-state index in [1.807, 2.05) is 0 Å². The highest BCUT2D eigenvalue weighted by molar-refractivity contribution is 9.10. The minimum atomic E-state index is -0.0568. The van der Waals surface area contributed by atoms with Gasteiger partial charge < -0.3 is 5.73 Å². The summed E-state index contributed by atoms with van der Waals surface area (Å²) >= 11 is 3.39. The highest BCUT2D eigenvalue weighted by Crippen LogP contribution is 2.26. The van der Waals surface area contributed by atoms with Crippen LogP contribution in [0.25, 0.3) is 0 Å². The van der Waals surface area contributed by atoms with Crippen LogP contribution in [0, 0.1) is 0 Å². The molecule has 1 aromatic heterocycles. The Morgan fingerprint density at radius 3 is 2.29 bits per heavy atom. The van der Waals surface area contributed by atoms with E-state index < -0.39 is 0 Å². The molecule has 1 aromatic rings.